The van der Waals surface area contributed by atoms with Crippen LogP contribution in [-0.2, 0) is 11.2 Å². The lowest BCUT2D eigenvalue weighted by molar-refractivity contribution is -0.139. The van der Waals surface area contributed by atoms with E-state index >= 15 is 0 Å². The molecule has 0 aliphatic carbocycles. The van der Waals surface area contributed by atoms with E-state index in [1.807, 2.05) is 45.0 Å². The predicted octanol–water partition coefficient (Wildman–Crippen LogP) is 2.24. The number of carboxylic acid groups (broad SMARTS) is 1. The van der Waals surface area contributed by atoms with Crippen LogP contribution in [0.3, 0.4) is 0 Å². The molecule has 0 fully saturated rings. The molecule has 0 saturated heterocycles. The number of likely N-dealkylation sites (N-methyl/N-ethyl adjacent to an activating group) is 1. The fraction of sp³-hybridized carbons (Fsp3) is 0.462. The van der Waals surface area contributed by atoms with Crippen LogP contribution in [0, 0.1) is 6.92 Å². The first kappa shape index (κ1) is 14.6. The number of carbonyl (C=O) groups is 1. The third-order valence-electron chi connectivity index (χ3n) is 2.17. The normalized spacial score (nSPS) is 11.2. The maximum atomic E-state index is 10.8. The average molecular weight is 223 g/mol. The molecule has 2 N–H and O–H groups in total. The molecule has 0 aromatic heterocycles. The summed E-state index contributed by atoms with van der Waals surface area (Å²) in [4.78, 5) is 10.8. The van der Waals surface area contributed by atoms with Crippen LogP contribution in [0.15, 0.2) is 24.3 Å². The first-order valence-electron chi connectivity index (χ1n) is 5.59. The Kier molecular flexibility index (Phi) is 7.21. The Morgan fingerprint density at radius 2 is 2.06 bits per heavy atom. The van der Waals surface area contributed by atoms with Crippen molar-refractivity contribution in [3.8, 4) is 0 Å². The molecule has 3 heteroatoms. The van der Waals surface area contributed by atoms with Crippen LogP contribution in [0.4, 0.5) is 0 Å². The van der Waals surface area contributed by atoms with E-state index in [4.69, 9.17) is 5.11 Å². The number of benzene rings is 1. The molecule has 0 bridgehead atoms. The lowest BCUT2D eigenvalue weighted by Crippen LogP contribution is -2.35. The van der Waals surface area contributed by atoms with E-state index in [1.54, 1.807) is 7.05 Å². The van der Waals surface area contributed by atoms with Gasteiger partial charge in [0, 0.05) is 0 Å². The van der Waals surface area contributed by atoms with E-state index < -0.39 is 12.0 Å². The second-order valence-electron chi connectivity index (χ2n) is 3.37. The van der Waals surface area contributed by atoms with Crippen molar-refractivity contribution in [1.29, 1.82) is 0 Å². The monoisotopic (exact) mass is 223 g/mol. The summed E-state index contributed by atoms with van der Waals surface area (Å²) in [7, 11) is 1.66. The second-order valence-corrected chi connectivity index (χ2v) is 3.37. The van der Waals surface area contributed by atoms with Crippen molar-refractivity contribution in [2.75, 3.05) is 7.05 Å². The van der Waals surface area contributed by atoms with Crippen molar-refractivity contribution in [1.82, 2.24) is 5.32 Å². The van der Waals surface area contributed by atoms with Gasteiger partial charge in [0.1, 0.15) is 6.04 Å². The standard InChI is InChI=1S/C11H15NO2.C2H6/c1-8-4-3-5-9(6-8)7-10(12-2)11(13)14;1-2/h3-6,10,12H,7H2,1-2H3,(H,13,14);1-2H3. The van der Waals surface area contributed by atoms with Crippen LogP contribution in [-0.4, -0.2) is 24.2 Å². The molecule has 3 nitrogen and oxygen atoms in total. The fourth-order valence-electron chi connectivity index (χ4n) is 1.39. The van der Waals surface area contributed by atoms with Crippen LogP contribution in [0.5, 0.6) is 0 Å². The van der Waals surface area contributed by atoms with Gasteiger partial charge >= 0.3 is 5.97 Å². The molecule has 0 radical (unpaired) electrons. The zero-order chi connectivity index (χ0) is 12.6. The average Bonchev–Trinajstić information content (AvgIpc) is 2.28. The molecule has 0 spiro atoms. The number of aliphatic carboxylic acids is 1. The quantitative estimate of drug-likeness (QED) is 0.823. The van der Waals surface area contributed by atoms with E-state index in [0.29, 0.717) is 6.42 Å². The van der Waals surface area contributed by atoms with Crippen molar-refractivity contribution in [2.45, 2.75) is 33.2 Å². The Balaban J connectivity index is 0.00000106. The van der Waals surface area contributed by atoms with Crippen LogP contribution < -0.4 is 5.32 Å². The van der Waals surface area contributed by atoms with Crippen LogP contribution in [0.1, 0.15) is 25.0 Å². The van der Waals surface area contributed by atoms with E-state index in [2.05, 4.69) is 5.32 Å². The van der Waals surface area contributed by atoms with Gasteiger partial charge in [-0.3, -0.25) is 4.79 Å². The maximum absolute atomic E-state index is 10.8. The fourth-order valence-corrected chi connectivity index (χ4v) is 1.39. The van der Waals surface area contributed by atoms with Gasteiger partial charge in [-0.2, -0.15) is 0 Å². The zero-order valence-corrected chi connectivity index (χ0v) is 10.4. The molecule has 0 saturated carbocycles. The summed E-state index contributed by atoms with van der Waals surface area (Å²) in [5.41, 5.74) is 2.20. The number of hydrogen-bond acceptors (Lipinski definition) is 2. The Morgan fingerprint density at radius 1 is 1.44 bits per heavy atom. The number of rotatable bonds is 4. The van der Waals surface area contributed by atoms with Gasteiger partial charge in [0.15, 0.2) is 0 Å². The van der Waals surface area contributed by atoms with Crippen LogP contribution in [0.25, 0.3) is 0 Å². The topological polar surface area (TPSA) is 49.3 Å². The maximum Gasteiger partial charge on any atom is 0.321 e. The minimum absolute atomic E-state index is 0.503. The molecule has 0 heterocycles. The number of nitrogens with one attached hydrogen (secondary N) is 1. The minimum Gasteiger partial charge on any atom is -0.480 e. The molecule has 90 valence electrons. The van der Waals surface area contributed by atoms with Gasteiger partial charge in [0.05, 0.1) is 0 Å². The van der Waals surface area contributed by atoms with Crippen molar-refractivity contribution >= 4 is 5.97 Å². The first-order valence-corrected chi connectivity index (χ1v) is 5.59. The van der Waals surface area contributed by atoms with Gasteiger partial charge in [-0.15, -0.1) is 0 Å². The van der Waals surface area contributed by atoms with E-state index in [-0.39, 0.29) is 0 Å². The van der Waals surface area contributed by atoms with Crippen molar-refractivity contribution in [3.05, 3.63) is 35.4 Å². The Morgan fingerprint density at radius 3 is 2.50 bits per heavy atom. The molecular formula is C13H21NO2. The molecule has 0 aliphatic rings. The van der Waals surface area contributed by atoms with Gasteiger partial charge in [-0.1, -0.05) is 43.7 Å². The van der Waals surface area contributed by atoms with Crippen molar-refractivity contribution in [2.24, 2.45) is 0 Å². The van der Waals surface area contributed by atoms with E-state index in [9.17, 15) is 4.79 Å². The molecule has 0 aliphatic heterocycles. The van der Waals surface area contributed by atoms with Crippen molar-refractivity contribution in [3.63, 3.8) is 0 Å². The molecular weight excluding hydrogens is 202 g/mol. The van der Waals surface area contributed by atoms with Crippen LogP contribution in [0.2, 0.25) is 0 Å². The van der Waals surface area contributed by atoms with Crippen LogP contribution >= 0.6 is 0 Å². The SMILES string of the molecule is CC.CNC(Cc1cccc(C)c1)C(=O)O. The lowest BCUT2D eigenvalue weighted by atomic mass is 10.0. The third kappa shape index (κ3) is 4.94. The first-order chi connectivity index (χ1) is 7.63. The molecule has 1 aromatic carbocycles. The van der Waals surface area contributed by atoms with Crippen molar-refractivity contribution < 1.29 is 9.90 Å². The van der Waals surface area contributed by atoms with E-state index in [1.165, 1.54) is 0 Å². The minimum atomic E-state index is -0.811. The highest BCUT2D eigenvalue weighted by atomic mass is 16.4. The molecule has 16 heavy (non-hydrogen) atoms. The molecule has 1 aromatic rings. The second kappa shape index (κ2) is 7.88. The van der Waals surface area contributed by atoms with Gasteiger partial charge in [-0.25, -0.2) is 0 Å². The van der Waals surface area contributed by atoms with Gasteiger partial charge < -0.3 is 10.4 Å². The highest BCUT2D eigenvalue weighted by molar-refractivity contribution is 5.73. The van der Waals surface area contributed by atoms with Gasteiger partial charge in [0.25, 0.3) is 0 Å². The summed E-state index contributed by atoms with van der Waals surface area (Å²) in [6, 6.07) is 7.39. The third-order valence-corrected chi connectivity index (χ3v) is 2.17. The summed E-state index contributed by atoms with van der Waals surface area (Å²) in [6.07, 6.45) is 0.521. The predicted molar refractivity (Wildman–Crippen MR) is 66.7 cm³/mol. The number of hydrogen-bond donors (Lipinski definition) is 2. The summed E-state index contributed by atoms with van der Waals surface area (Å²) in [5.74, 6) is -0.811. The number of carboxylic acids is 1. The Bertz CT molecular complexity index is 323. The summed E-state index contributed by atoms with van der Waals surface area (Å²) < 4.78 is 0. The molecule has 1 atom stereocenters. The summed E-state index contributed by atoms with van der Waals surface area (Å²) in [5, 5.41) is 11.6. The summed E-state index contributed by atoms with van der Waals surface area (Å²) in [6.45, 7) is 6.00. The van der Waals surface area contributed by atoms with Gasteiger partial charge in [0.2, 0.25) is 0 Å². The smallest absolute Gasteiger partial charge is 0.321 e. The lowest BCUT2D eigenvalue weighted by Gasteiger charge is -2.11. The zero-order valence-electron chi connectivity index (χ0n) is 10.4. The Hall–Kier alpha value is -1.35. The Labute approximate surface area is 97.5 Å². The largest absolute Gasteiger partial charge is 0.480 e. The summed E-state index contributed by atoms with van der Waals surface area (Å²) >= 11 is 0. The van der Waals surface area contributed by atoms with E-state index in [0.717, 1.165) is 11.1 Å². The molecule has 1 rings (SSSR count). The highest BCUT2D eigenvalue weighted by Gasteiger charge is 2.14. The number of aryl methyl sites for hydroxylation is 1. The highest BCUT2D eigenvalue weighted by Crippen LogP contribution is 2.06. The van der Waals surface area contributed by atoms with Gasteiger partial charge in [-0.05, 0) is 26.0 Å². The molecule has 0 amide bonds. The molecule has 1 unspecified atom stereocenters.